The molecule has 0 aromatic heterocycles. The van der Waals surface area contributed by atoms with Crippen molar-refractivity contribution in [3.8, 4) is 11.5 Å². The predicted molar refractivity (Wildman–Crippen MR) is 112 cm³/mol. The number of hydrogen-bond donors (Lipinski definition) is 0. The minimum Gasteiger partial charge on any atom is -0.457 e. The third kappa shape index (κ3) is 3.79. The fourth-order valence-electron chi connectivity index (χ4n) is 4.65. The molecule has 28 heavy (non-hydrogen) atoms. The van der Waals surface area contributed by atoms with Gasteiger partial charge in [0.15, 0.2) is 0 Å². The fraction of sp³-hybridized carbons (Fsp3) is 0.458. The molecule has 4 nitrogen and oxygen atoms in total. The minimum atomic E-state index is 0.190. The summed E-state index contributed by atoms with van der Waals surface area (Å²) in [5.74, 6) is 2.85. The molecule has 2 aromatic rings. The van der Waals surface area contributed by atoms with Gasteiger partial charge in [0.2, 0.25) is 5.91 Å². The number of hydrogen-bond acceptors (Lipinski definition) is 3. The van der Waals surface area contributed by atoms with Gasteiger partial charge in [0, 0.05) is 31.1 Å². The molecule has 2 aliphatic rings. The summed E-state index contributed by atoms with van der Waals surface area (Å²) in [5.41, 5.74) is 2.54. The molecule has 0 bridgehead atoms. The van der Waals surface area contributed by atoms with Crippen LogP contribution in [0.2, 0.25) is 0 Å². The largest absolute Gasteiger partial charge is 0.457 e. The van der Waals surface area contributed by atoms with Crippen molar-refractivity contribution in [1.82, 2.24) is 9.80 Å². The van der Waals surface area contributed by atoms with Gasteiger partial charge in [0.25, 0.3) is 0 Å². The summed E-state index contributed by atoms with van der Waals surface area (Å²) < 4.78 is 6.16. The van der Waals surface area contributed by atoms with Crippen molar-refractivity contribution in [2.24, 2.45) is 5.92 Å². The highest BCUT2D eigenvalue weighted by Gasteiger charge is 2.33. The van der Waals surface area contributed by atoms with Crippen LogP contribution in [0.15, 0.2) is 48.5 Å². The summed E-state index contributed by atoms with van der Waals surface area (Å²) in [6.45, 7) is 7.60. The van der Waals surface area contributed by atoms with Gasteiger partial charge in [-0.2, -0.15) is 0 Å². The van der Waals surface area contributed by atoms with Crippen molar-refractivity contribution >= 4 is 5.91 Å². The van der Waals surface area contributed by atoms with Crippen LogP contribution < -0.4 is 4.74 Å². The maximum absolute atomic E-state index is 11.6. The zero-order chi connectivity index (χ0) is 19.5. The van der Waals surface area contributed by atoms with E-state index in [0.717, 1.165) is 44.1 Å². The van der Waals surface area contributed by atoms with Crippen molar-refractivity contribution < 1.29 is 9.53 Å². The third-order valence-electron chi connectivity index (χ3n) is 6.30. The number of likely N-dealkylation sites (tertiary alicyclic amines) is 1. The molecule has 0 radical (unpaired) electrons. The molecule has 2 aliphatic heterocycles. The minimum absolute atomic E-state index is 0.190. The van der Waals surface area contributed by atoms with E-state index in [4.69, 9.17) is 4.74 Å². The maximum Gasteiger partial charge on any atom is 0.219 e. The first kappa shape index (κ1) is 19.0. The summed E-state index contributed by atoms with van der Waals surface area (Å²) in [4.78, 5) is 16.2. The highest BCUT2D eigenvalue weighted by molar-refractivity contribution is 5.73. The molecular formula is C24H30N2O2. The molecule has 1 fully saturated rings. The summed E-state index contributed by atoms with van der Waals surface area (Å²) in [6, 6.07) is 17.1. The van der Waals surface area contributed by atoms with Crippen LogP contribution in [0.4, 0.5) is 0 Å². The van der Waals surface area contributed by atoms with Crippen LogP contribution >= 0.6 is 0 Å². The first-order valence-electron chi connectivity index (χ1n) is 10.5. The lowest BCUT2D eigenvalue weighted by Gasteiger charge is -2.41. The summed E-state index contributed by atoms with van der Waals surface area (Å²) in [7, 11) is 0. The molecule has 0 N–H and O–H groups in total. The molecule has 0 spiro atoms. The molecule has 4 rings (SSSR count). The van der Waals surface area contributed by atoms with Crippen LogP contribution in [-0.2, 0) is 4.79 Å². The van der Waals surface area contributed by atoms with Gasteiger partial charge in [0.05, 0.1) is 6.04 Å². The Kier molecular flexibility index (Phi) is 5.67. The zero-order valence-corrected chi connectivity index (χ0v) is 16.9. The number of fused-ring (bicyclic) bond motifs is 2. The number of para-hydroxylation sites is 2. The number of piperidine rings is 1. The van der Waals surface area contributed by atoms with E-state index in [1.165, 1.54) is 24.0 Å². The van der Waals surface area contributed by atoms with Gasteiger partial charge in [-0.25, -0.2) is 0 Å². The number of carbonyl (C=O) groups excluding carboxylic acids is 1. The normalized spacial score (nSPS) is 17.5. The highest BCUT2D eigenvalue weighted by atomic mass is 16.5. The van der Waals surface area contributed by atoms with Gasteiger partial charge >= 0.3 is 0 Å². The smallest absolute Gasteiger partial charge is 0.219 e. The van der Waals surface area contributed by atoms with E-state index in [1.807, 2.05) is 17.0 Å². The van der Waals surface area contributed by atoms with Crippen LogP contribution in [0.3, 0.4) is 0 Å². The number of carbonyl (C=O) groups is 1. The zero-order valence-electron chi connectivity index (χ0n) is 16.9. The number of ether oxygens (including phenoxy) is 1. The van der Waals surface area contributed by atoms with E-state index in [9.17, 15) is 4.79 Å². The van der Waals surface area contributed by atoms with Crippen LogP contribution in [0.5, 0.6) is 11.5 Å². The van der Waals surface area contributed by atoms with Gasteiger partial charge in [-0.15, -0.1) is 0 Å². The second kappa shape index (κ2) is 8.36. The third-order valence-corrected chi connectivity index (χ3v) is 6.30. The van der Waals surface area contributed by atoms with Crippen LogP contribution in [0.1, 0.15) is 50.3 Å². The first-order valence-corrected chi connectivity index (χ1v) is 10.5. The monoisotopic (exact) mass is 378 g/mol. The summed E-state index contributed by atoms with van der Waals surface area (Å²) in [6.07, 6.45) is 3.50. The van der Waals surface area contributed by atoms with Crippen molar-refractivity contribution in [3.63, 3.8) is 0 Å². The Morgan fingerprint density at radius 3 is 2.14 bits per heavy atom. The highest BCUT2D eigenvalue weighted by Crippen LogP contribution is 2.46. The molecule has 0 unspecified atom stereocenters. The Hall–Kier alpha value is -2.33. The number of nitrogens with zero attached hydrogens (tertiary/aromatic N) is 2. The average Bonchev–Trinajstić information content (AvgIpc) is 2.73. The molecule has 4 heteroatoms. The second-order valence-corrected chi connectivity index (χ2v) is 7.95. The van der Waals surface area contributed by atoms with Crippen LogP contribution in [-0.4, -0.2) is 41.9 Å². The van der Waals surface area contributed by atoms with Crippen LogP contribution in [0.25, 0.3) is 0 Å². The molecule has 0 saturated carbocycles. The lowest BCUT2D eigenvalue weighted by Crippen LogP contribution is -2.39. The number of rotatable bonds is 5. The first-order chi connectivity index (χ1) is 13.7. The van der Waals surface area contributed by atoms with Crippen LogP contribution in [0, 0.1) is 5.92 Å². The molecule has 1 saturated heterocycles. The second-order valence-electron chi connectivity index (χ2n) is 7.95. The topological polar surface area (TPSA) is 32.8 Å². The van der Waals surface area contributed by atoms with E-state index in [-0.39, 0.29) is 11.9 Å². The Balaban J connectivity index is 1.46. The molecule has 2 heterocycles. The number of amides is 1. The van der Waals surface area contributed by atoms with E-state index in [1.54, 1.807) is 6.92 Å². The van der Waals surface area contributed by atoms with Gasteiger partial charge in [0.1, 0.15) is 11.5 Å². The average molecular weight is 379 g/mol. The van der Waals surface area contributed by atoms with E-state index in [2.05, 4.69) is 48.2 Å². The number of benzene rings is 2. The lowest BCUT2D eigenvalue weighted by molar-refractivity contribution is -0.128. The van der Waals surface area contributed by atoms with Gasteiger partial charge in [-0.3, -0.25) is 9.69 Å². The standard InChI is InChI=1S/C24H30N2O2/c1-3-25(18(2)27)15-12-19-13-16-26(17-14-19)24-20-8-4-6-10-22(20)28-23-11-7-5-9-21(23)24/h4-11,19,24H,3,12-17H2,1-2H3. The molecule has 0 aliphatic carbocycles. The molecular weight excluding hydrogens is 348 g/mol. The quantitative estimate of drug-likeness (QED) is 0.745. The Labute approximate surface area is 168 Å². The maximum atomic E-state index is 11.6. The summed E-state index contributed by atoms with van der Waals surface area (Å²) >= 11 is 0. The molecule has 0 atom stereocenters. The predicted octanol–water partition coefficient (Wildman–Crippen LogP) is 4.85. The van der Waals surface area contributed by atoms with Crippen molar-refractivity contribution in [3.05, 3.63) is 59.7 Å². The van der Waals surface area contributed by atoms with Crippen molar-refractivity contribution in [2.45, 2.75) is 39.2 Å². The van der Waals surface area contributed by atoms with Gasteiger partial charge < -0.3 is 9.64 Å². The van der Waals surface area contributed by atoms with Crippen molar-refractivity contribution in [2.75, 3.05) is 26.2 Å². The Bertz CT molecular complexity index is 781. The molecule has 1 amide bonds. The SMILES string of the molecule is CCN(CCC1CCN(C2c3ccccc3Oc3ccccc32)CC1)C(C)=O. The Morgan fingerprint density at radius 2 is 1.61 bits per heavy atom. The fourth-order valence-corrected chi connectivity index (χ4v) is 4.65. The van der Waals surface area contributed by atoms with E-state index < -0.39 is 0 Å². The molecule has 148 valence electrons. The van der Waals surface area contributed by atoms with Gasteiger partial charge in [-0.05, 0) is 57.3 Å². The van der Waals surface area contributed by atoms with Gasteiger partial charge in [-0.1, -0.05) is 36.4 Å². The van der Waals surface area contributed by atoms with E-state index in [0.29, 0.717) is 5.92 Å². The summed E-state index contributed by atoms with van der Waals surface area (Å²) in [5, 5.41) is 0. The lowest BCUT2D eigenvalue weighted by atomic mass is 9.88. The van der Waals surface area contributed by atoms with E-state index >= 15 is 0 Å². The Morgan fingerprint density at radius 1 is 1.04 bits per heavy atom. The molecule has 2 aromatic carbocycles. The van der Waals surface area contributed by atoms with Crippen molar-refractivity contribution in [1.29, 1.82) is 0 Å².